The van der Waals surface area contributed by atoms with Gasteiger partial charge in [0.1, 0.15) is 12.0 Å². The van der Waals surface area contributed by atoms with Crippen LogP contribution in [0.25, 0.3) is 0 Å². The summed E-state index contributed by atoms with van der Waals surface area (Å²) in [7, 11) is 4.05. The molecule has 1 aliphatic rings. The molecular formula is C20H22FN5OS2. The molecule has 1 saturated heterocycles. The zero-order valence-electron chi connectivity index (χ0n) is 16.1. The van der Waals surface area contributed by atoms with Gasteiger partial charge in [-0.15, -0.1) is 10.2 Å². The number of nitrogens with one attached hydrogen (secondary N) is 2. The van der Waals surface area contributed by atoms with E-state index in [1.54, 1.807) is 30.0 Å². The van der Waals surface area contributed by atoms with Gasteiger partial charge in [-0.05, 0) is 29.8 Å². The van der Waals surface area contributed by atoms with E-state index in [0.29, 0.717) is 10.8 Å². The molecule has 3 aromatic rings. The van der Waals surface area contributed by atoms with Crippen molar-refractivity contribution in [3.63, 3.8) is 0 Å². The van der Waals surface area contributed by atoms with Gasteiger partial charge in [-0.1, -0.05) is 47.4 Å². The van der Waals surface area contributed by atoms with E-state index in [4.69, 9.17) is 4.74 Å². The number of hydrogen-bond acceptors (Lipinski definition) is 8. The molecule has 1 aromatic heterocycles. The second-order valence-corrected chi connectivity index (χ2v) is 9.07. The number of ether oxygens (including phenoxy) is 1. The summed E-state index contributed by atoms with van der Waals surface area (Å²) < 4.78 is 20.7. The second kappa shape index (κ2) is 9.08. The molecule has 0 saturated carbocycles. The quantitative estimate of drug-likeness (QED) is 0.542. The minimum Gasteiger partial charge on any atom is -0.378 e. The molecule has 9 heteroatoms. The molecule has 0 bridgehead atoms. The molecule has 2 aromatic carbocycles. The minimum absolute atomic E-state index is 0.0883. The lowest BCUT2D eigenvalue weighted by Crippen LogP contribution is -2.16. The fourth-order valence-electron chi connectivity index (χ4n) is 2.93. The first kappa shape index (κ1) is 20.1. The van der Waals surface area contributed by atoms with Gasteiger partial charge in [0.2, 0.25) is 5.13 Å². The van der Waals surface area contributed by atoms with Gasteiger partial charge in [-0.2, -0.15) is 0 Å². The van der Waals surface area contributed by atoms with Crippen molar-refractivity contribution in [1.29, 1.82) is 0 Å². The predicted molar refractivity (Wildman–Crippen MR) is 117 cm³/mol. The van der Waals surface area contributed by atoms with Crippen LogP contribution in [0.5, 0.6) is 0 Å². The van der Waals surface area contributed by atoms with Crippen LogP contribution in [0.4, 0.5) is 20.9 Å². The number of benzene rings is 2. The molecule has 4 rings (SSSR count). The smallest absolute Gasteiger partial charge is 0.210 e. The van der Waals surface area contributed by atoms with Crippen LogP contribution in [-0.4, -0.2) is 42.7 Å². The van der Waals surface area contributed by atoms with Crippen LogP contribution in [0.1, 0.15) is 11.8 Å². The van der Waals surface area contributed by atoms with Gasteiger partial charge < -0.3 is 15.0 Å². The fraction of sp³-hybridized carbons (Fsp3) is 0.300. The highest BCUT2D eigenvalue weighted by Crippen LogP contribution is 2.31. The third-order valence-electron chi connectivity index (χ3n) is 4.49. The number of para-hydroxylation sites is 1. The normalized spacial score (nSPS) is 18.7. The van der Waals surface area contributed by atoms with Crippen LogP contribution in [0.3, 0.4) is 0 Å². The molecule has 0 aliphatic carbocycles. The molecule has 0 unspecified atom stereocenters. The van der Waals surface area contributed by atoms with Crippen LogP contribution in [0.15, 0.2) is 52.9 Å². The van der Waals surface area contributed by atoms with Crippen molar-refractivity contribution in [2.75, 3.05) is 36.6 Å². The lowest BCUT2D eigenvalue weighted by atomic mass is 10.2. The van der Waals surface area contributed by atoms with Gasteiger partial charge in [0.25, 0.3) is 0 Å². The van der Waals surface area contributed by atoms with Crippen LogP contribution in [-0.2, 0) is 4.74 Å². The Morgan fingerprint density at radius 1 is 1.21 bits per heavy atom. The molecule has 152 valence electrons. The van der Waals surface area contributed by atoms with Crippen LogP contribution in [0.2, 0.25) is 0 Å². The Kier molecular flexibility index (Phi) is 6.29. The predicted octanol–water partition coefficient (Wildman–Crippen LogP) is 4.27. The van der Waals surface area contributed by atoms with Crippen LogP contribution >= 0.6 is 23.1 Å². The number of rotatable bonds is 7. The van der Waals surface area contributed by atoms with Gasteiger partial charge in [0, 0.05) is 32.1 Å². The Morgan fingerprint density at radius 2 is 2.00 bits per heavy atom. The average molecular weight is 432 g/mol. The van der Waals surface area contributed by atoms with E-state index in [2.05, 4.69) is 50.0 Å². The fourth-order valence-corrected chi connectivity index (χ4v) is 4.72. The highest BCUT2D eigenvalue weighted by Gasteiger charge is 2.26. The summed E-state index contributed by atoms with van der Waals surface area (Å²) in [6, 6.07) is 14.9. The summed E-state index contributed by atoms with van der Waals surface area (Å²) in [6.07, 6.45) is -0.00471. The van der Waals surface area contributed by atoms with Crippen molar-refractivity contribution < 1.29 is 9.13 Å². The first-order valence-electron chi connectivity index (χ1n) is 9.22. The molecule has 0 radical (unpaired) electrons. The van der Waals surface area contributed by atoms with E-state index in [1.165, 1.54) is 17.4 Å². The molecule has 1 fully saturated rings. The number of halogens is 1. The van der Waals surface area contributed by atoms with Gasteiger partial charge in [-0.25, -0.2) is 4.39 Å². The molecule has 2 atom stereocenters. The molecule has 0 spiro atoms. The maximum absolute atomic E-state index is 13.7. The lowest BCUT2D eigenvalue weighted by molar-refractivity contribution is 0.0535. The summed E-state index contributed by atoms with van der Waals surface area (Å²) in [4.78, 5) is 2.07. The summed E-state index contributed by atoms with van der Waals surface area (Å²) in [6.45, 7) is 0.784. The Labute approximate surface area is 177 Å². The number of thioether (sulfide) groups is 1. The minimum atomic E-state index is -0.313. The van der Waals surface area contributed by atoms with E-state index in [0.717, 1.165) is 27.9 Å². The first-order chi connectivity index (χ1) is 14.1. The number of aromatic nitrogens is 2. The molecule has 1 aliphatic heterocycles. The van der Waals surface area contributed by atoms with Crippen molar-refractivity contribution in [2.24, 2.45) is 0 Å². The van der Waals surface area contributed by atoms with Crippen molar-refractivity contribution in [3.05, 3.63) is 59.9 Å². The summed E-state index contributed by atoms with van der Waals surface area (Å²) >= 11 is 3.00. The Bertz CT molecular complexity index is 950. The average Bonchev–Trinajstić information content (AvgIpc) is 3.38. The van der Waals surface area contributed by atoms with Crippen molar-refractivity contribution in [3.8, 4) is 0 Å². The van der Waals surface area contributed by atoms with E-state index >= 15 is 0 Å². The van der Waals surface area contributed by atoms with Gasteiger partial charge in [0.15, 0.2) is 4.34 Å². The van der Waals surface area contributed by atoms with Crippen molar-refractivity contribution >= 4 is 39.6 Å². The number of anilines is 3. The van der Waals surface area contributed by atoms with E-state index < -0.39 is 0 Å². The van der Waals surface area contributed by atoms with E-state index in [-0.39, 0.29) is 18.1 Å². The van der Waals surface area contributed by atoms with Crippen molar-refractivity contribution in [2.45, 2.75) is 16.7 Å². The summed E-state index contributed by atoms with van der Waals surface area (Å²) in [5.41, 5.74) is 2.68. The van der Waals surface area contributed by atoms with Gasteiger partial charge in [0.05, 0.1) is 11.8 Å². The maximum atomic E-state index is 13.7. The van der Waals surface area contributed by atoms with Crippen molar-refractivity contribution in [1.82, 2.24) is 15.5 Å². The second-order valence-electron chi connectivity index (χ2n) is 6.82. The molecule has 6 nitrogen and oxygen atoms in total. The first-order valence-corrected chi connectivity index (χ1v) is 11.0. The summed E-state index contributed by atoms with van der Waals surface area (Å²) in [5, 5.41) is 15.2. The number of nitrogens with zero attached hydrogens (tertiary/aromatic N) is 3. The molecule has 0 amide bonds. The van der Waals surface area contributed by atoms with E-state index in [1.807, 2.05) is 14.1 Å². The Morgan fingerprint density at radius 3 is 2.76 bits per heavy atom. The maximum Gasteiger partial charge on any atom is 0.210 e. The molecule has 2 N–H and O–H groups in total. The SMILES string of the molecule is CN(C)c1ccc([C@@H]2NC[C@@H](CSc3nnc(Nc4ccccc4F)s3)O2)cc1. The zero-order valence-corrected chi connectivity index (χ0v) is 17.8. The highest BCUT2D eigenvalue weighted by molar-refractivity contribution is 8.01. The van der Waals surface area contributed by atoms with Gasteiger partial charge >= 0.3 is 0 Å². The molecule has 29 heavy (non-hydrogen) atoms. The lowest BCUT2D eigenvalue weighted by Gasteiger charge is -2.16. The zero-order chi connectivity index (χ0) is 20.2. The van der Waals surface area contributed by atoms with Gasteiger partial charge in [-0.3, -0.25) is 5.32 Å². The molecular weight excluding hydrogens is 409 g/mol. The van der Waals surface area contributed by atoms with E-state index in [9.17, 15) is 4.39 Å². The third-order valence-corrected chi connectivity index (χ3v) is 6.59. The Balaban J connectivity index is 1.28. The van der Waals surface area contributed by atoms with Crippen LogP contribution < -0.4 is 15.5 Å². The molecule has 2 heterocycles. The third kappa shape index (κ3) is 5.05. The topological polar surface area (TPSA) is 62.3 Å². The number of hydrogen-bond donors (Lipinski definition) is 2. The highest BCUT2D eigenvalue weighted by atomic mass is 32.2. The Hall–Kier alpha value is -2.20. The largest absolute Gasteiger partial charge is 0.378 e. The van der Waals surface area contributed by atoms with Crippen LogP contribution in [0, 0.1) is 5.82 Å². The standard InChI is InChI=1S/C20H22FN5OS2/c1-26(2)14-9-7-13(8-10-14)18-22-11-15(27-18)12-28-20-25-24-19(29-20)23-17-6-4-3-5-16(17)21/h3-10,15,18,22H,11-12H2,1-2H3,(H,23,24)/t15-,18+/m0/s1. The monoisotopic (exact) mass is 431 g/mol. The summed E-state index contributed by atoms with van der Waals surface area (Å²) in [5.74, 6) is 0.458.